The Morgan fingerprint density at radius 2 is 2.07 bits per heavy atom. The maximum Gasteiger partial charge on any atom is 0.373 e. The van der Waals surface area contributed by atoms with Crippen molar-refractivity contribution in [3.63, 3.8) is 0 Å². The van der Waals surface area contributed by atoms with Crippen LogP contribution in [0.2, 0.25) is 0 Å². The first-order chi connectivity index (χ1) is 6.42. The Bertz CT molecular complexity index is 404. The summed E-state index contributed by atoms with van der Waals surface area (Å²) in [5.41, 5.74) is 0. The Morgan fingerprint density at radius 1 is 1.43 bits per heavy atom. The molecule has 0 fully saturated rings. The summed E-state index contributed by atoms with van der Waals surface area (Å²) in [6, 6.07) is 3.61. The topological polar surface area (TPSA) is 67.3 Å². The number of aliphatic hydroxyl groups is 1. The smallest absolute Gasteiger partial charge is 0.373 e. The zero-order valence-electron chi connectivity index (χ0n) is 6.89. The van der Waals surface area contributed by atoms with Crippen molar-refractivity contribution >= 4 is 9.84 Å². The molecule has 1 heterocycles. The third kappa shape index (κ3) is 1.73. The van der Waals surface area contributed by atoms with Crippen molar-refractivity contribution in [1.29, 1.82) is 0 Å². The van der Waals surface area contributed by atoms with Gasteiger partial charge >= 0.3 is 5.25 Å². The molecule has 0 amide bonds. The lowest BCUT2D eigenvalue weighted by Crippen LogP contribution is -2.33. The number of alkyl halides is 2. The molecule has 0 spiro atoms. The fourth-order valence-corrected chi connectivity index (χ4v) is 1.68. The number of rotatable bonds is 3. The minimum atomic E-state index is -4.88. The van der Waals surface area contributed by atoms with Crippen molar-refractivity contribution in [3.8, 4) is 0 Å². The molecule has 0 aliphatic rings. The van der Waals surface area contributed by atoms with Crippen molar-refractivity contribution in [2.24, 2.45) is 0 Å². The quantitative estimate of drug-likeness (QED) is 0.807. The molecule has 78 valence electrons. The molecule has 1 N–H and O–H groups in total. The molecule has 0 atom stereocenters. The molecule has 0 saturated carbocycles. The largest absolute Gasteiger partial charge is 0.389 e. The summed E-state index contributed by atoms with van der Waals surface area (Å²) in [6.45, 7) is -1.76. The van der Waals surface area contributed by atoms with Gasteiger partial charge in [0.05, 0.1) is 0 Å². The highest BCUT2D eigenvalue weighted by molar-refractivity contribution is 7.92. The monoisotopic (exact) mass is 223 g/mol. The number of pyridine rings is 1. The summed E-state index contributed by atoms with van der Waals surface area (Å²) in [5.74, 6) is 0. The Hall–Kier alpha value is -1.08. The standard InChI is InChI=1S/C7H7F2NO3S/c8-7(9,5-11)14(12,13)6-3-1-2-4-10-6/h1-4,11H,5H2. The summed E-state index contributed by atoms with van der Waals surface area (Å²) in [4.78, 5) is 3.29. The second kappa shape index (κ2) is 3.58. The van der Waals surface area contributed by atoms with E-state index >= 15 is 0 Å². The molecule has 0 unspecified atom stereocenters. The number of aliphatic hydroxyl groups excluding tert-OH is 1. The summed E-state index contributed by atoms with van der Waals surface area (Å²) >= 11 is 0. The number of hydrogen-bond acceptors (Lipinski definition) is 4. The zero-order valence-corrected chi connectivity index (χ0v) is 7.71. The summed E-state index contributed by atoms with van der Waals surface area (Å²) < 4.78 is 47.7. The minimum Gasteiger partial charge on any atom is -0.389 e. The average molecular weight is 223 g/mol. The van der Waals surface area contributed by atoms with Crippen LogP contribution in [0, 0.1) is 0 Å². The van der Waals surface area contributed by atoms with E-state index in [1.165, 1.54) is 12.1 Å². The van der Waals surface area contributed by atoms with Crippen LogP contribution in [-0.4, -0.2) is 30.4 Å². The fourth-order valence-electron chi connectivity index (χ4n) is 0.744. The minimum absolute atomic E-state index is 0.751. The van der Waals surface area contributed by atoms with Crippen molar-refractivity contribution in [1.82, 2.24) is 4.98 Å². The molecule has 7 heteroatoms. The lowest BCUT2D eigenvalue weighted by Gasteiger charge is -2.12. The van der Waals surface area contributed by atoms with Crippen molar-refractivity contribution < 1.29 is 22.3 Å². The van der Waals surface area contributed by atoms with Gasteiger partial charge in [-0.2, -0.15) is 8.78 Å². The molecule has 0 aromatic carbocycles. The molecule has 1 aromatic heterocycles. The van der Waals surface area contributed by atoms with Crippen molar-refractivity contribution in [2.45, 2.75) is 10.3 Å². The van der Waals surface area contributed by atoms with E-state index in [9.17, 15) is 17.2 Å². The van der Waals surface area contributed by atoms with Gasteiger partial charge in [-0.05, 0) is 12.1 Å². The molecule has 14 heavy (non-hydrogen) atoms. The first-order valence-electron chi connectivity index (χ1n) is 3.56. The molecule has 0 saturated heterocycles. The Balaban J connectivity index is 3.23. The van der Waals surface area contributed by atoms with Gasteiger partial charge in [-0.25, -0.2) is 13.4 Å². The van der Waals surface area contributed by atoms with Crippen molar-refractivity contribution in [3.05, 3.63) is 24.4 Å². The number of halogens is 2. The van der Waals surface area contributed by atoms with Crippen molar-refractivity contribution in [2.75, 3.05) is 6.61 Å². The van der Waals surface area contributed by atoms with Gasteiger partial charge < -0.3 is 5.11 Å². The van der Waals surface area contributed by atoms with Gasteiger partial charge in [0.2, 0.25) is 0 Å². The van der Waals surface area contributed by atoms with Crippen LogP contribution in [-0.2, 0) is 9.84 Å². The highest BCUT2D eigenvalue weighted by Gasteiger charge is 2.46. The van der Waals surface area contributed by atoms with E-state index in [0.29, 0.717) is 0 Å². The lowest BCUT2D eigenvalue weighted by atomic mass is 10.5. The van der Waals surface area contributed by atoms with E-state index in [4.69, 9.17) is 5.11 Å². The van der Waals surface area contributed by atoms with Gasteiger partial charge in [-0.3, -0.25) is 0 Å². The third-order valence-corrected chi connectivity index (χ3v) is 3.20. The molecule has 4 nitrogen and oxygen atoms in total. The number of aromatic nitrogens is 1. The van der Waals surface area contributed by atoms with E-state index in [1.807, 2.05) is 0 Å². The Labute approximate surface area is 79.1 Å². The average Bonchev–Trinajstić information content (AvgIpc) is 2.19. The molecule has 0 bridgehead atoms. The van der Waals surface area contributed by atoms with E-state index in [2.05, 4.69) is 4.98 Å². The van der Waals surface area contributed by atoms with Crippen LogP contribution in [0.1, 0.15) is 0 Å². The van der Waals surface area contributed by atoms with Crippen LogP contribution in [0.15, 0.2) is 29.4 Å². The highest BCUT2D eigenvalue weighted by Crippen LogP contribution is 2.26. The van der Waals surface area contributed by atoms with Gasteiger partial charge in [-0.1, -0.05) is 6.07 Å². The van der Waals surface area contributed by atoms with Crippen LogP contribution in [0.5, 0.6) is 0 Å². The van der Waals surface area contributed by atoms with Gasteiger partial charge in [0.25, 0.3) is 9.84 Å². The van der Waals surface area contributed by atoms with E-state index in [-0.39, 0.29) is 0 Å². The number of hydrogen-bond donors (Lipinski definition) is 1. The fraction of sp³-hybridized carbons (Fsp3) is 0.286. The van der Waals surface area contributed by atoms with Crippen LogP contribution in [0.3, 0.4) is 0 Å². The SMILES string of the molecule is O=S(=O)(c1ccccn1)C(F)(F)CO. The molecular weight excluding hydrogens is 216 g/mol. The van der Waals surface area contributed by atoms with Gasteiger partial charge in [0, 0.05) is 6.20 Å². The molecule has 0 aliphatic carbocycles. The summed E-state index contributed by atoms with van der Waals surface area (Å²) in [5, 5.41) is 3.29. The zero-order chi connectivity index (χ0) is 10.8. The van der Waals surface area contributed by atoms with E-state index < -0.39 is 26.7 Å². The maximum absolute atomic E-state index is 12.7. The summed E-state index contributed by atoms with van der Waals surface area (Å²) in [7, 11) is -4.88. The number of nitrogens with zero attached hydrogens (tertiary/aromatic N) is 1. The molecule has 1 aromatic rings. The second-order valence-electron chi connectivity index (χ2n) is 2.47. The predicted molar refractivity (Wildman–Crippen MR) is 43.5 cm³/mol. The lowest BCUT2D eigenvalue weighted by molar-refractivity contribution is 0.0260. The molecule has 0 aliphatic heterocycles. The van der Waals surface area contributed by atoms with Crippen LogP contribution >= 0.6 is 0 Å². The molecular formula is C7H7F2NO3S. The first kappa shape index (κ1) is 11.0. The van der Waals surface area contributed by atoms with Crippen LogP contribution in [0.4, 0.5) is 8.78 Å². The van der Waals surface area contributed by atoms with Crippen LogP contribution < -0.4 is 0 Å². The van der Waals surface area contributed by atoms with Gasteiger partial charge in [0.1, 0.15) is 6.61 Å². The highest BCUT2D eigenvalue weighted by atomic mass is 32.2. The summed E-state index contributed by atoms with van der Waals surface area (Å²) in [6.07, 6.45) is 1.08. The van der Waals surface area contributed by atoms with Gasteiger partial charge in [0.15, 0.2) is 5.03 Å². The van der Waals surface area contributed by atoms with E-state index in [1.54, 1.807) is 0 Å². The van der Waals surface area contributed by atoms with Crippen LogP contribution in [0.25, 0.3) is 0 Å². The molecule has 1 rings (SSSR count). The Kier molecular flexibility index (Phi) is 2.81. The normalized spacial score (nSPS) is 12.8. The first-order valence-corrected chi connectivity index (χ1v) is 5.04. The Morgan fingerprint density at radius 3 is 2.50 bits per heavy atom. The molecule has 0 radical (unpaired) electrons. The van der Waals surface area contributed by atoms with Gasteiger partial charge in [-0.15, -0.1) is 0 Å². The number of sulfone groups is 1. The maximum atomic E-state index is 12.7. The third-order valence-electron chi connectivity index (χ3n) is 1.49. The predicted octanol–water partition coefficient (Wildman–Crippen LogP) is 0.440. The second-order valence-corrected chi connectivity index (χ2v) is 4.49. The van der Waals surface area contributed by atoms with E-state index in [0.717, 1.165) is 12.3 Å².